The zero-order valence-corrected chi connectivity index (χ0v) is 22.5. The first kappa shape index (κ1) is 27.3. The Morgan fingerprint density at radius 1 is 0.537 bits per heavy atom. The number of hydrogen-bond donors (Lipinski definition) is 1. The van der Waals surface area contributed by atoms with Gasteiger partial charge >= 0.3 is 5.97 Å². The van der Waals surface area contributed by atoms with Crippen molar-refractivity contribution in [2.24, 2.45) is 0 Å². The molecule has 5 aromatic carbocycles. The monoisotopic (exact) mass is 542 g/mol. The molecule has 204 valence electrons. The smallest absolute Gasteiger partial charge is 0.339 e. The number of carbonyl (C=O) groups is 1. The van der Waals surface area contributed by atoms with E-state index in [0.29, 0.717) is 30.5 Å². The topological polar surface area (TPSA) is 65.0 Å². The molecule has 41 heavy (non-hydrogen) atoms. The van der Waals surface area contributed by atoms with Crippen LogP contribution in [-0.4, -0.2) is 11.1 Å². The van der Waals surface area contributed by atoms with E-state index in [-0.39, 0.29) is 12.2 Å². The average Bonchev–Trinajstić information content (AvgIpc) is 3.02. The van der Waals surface area contributed by atoms with Crippen molar-refractivity contribution < 1.29 is 24.1 Å². The highest BCUT2D eigenvalue weighted by Crippen LogP contribution is 2.27. The molecule has 0 aliphatic rings. The Balaban J connectivity index is 1.35. The molecule has 0 radical (unpaired) electrons. The minimum atomic E-state index is -1.05. The van der Waals surface area contributed by atoms with Crippen LogP contribution in [0.1, 0.15) is 38.2 Å². The Labute approximate surface area is 239 Å². The maximum absolute atomic E-state index is 12.0. The summed E-state index contributed by atoms with van der Waals surface area (Å²) in [6, 6.07) is 40.5. The molecule has 1 N–H and O–H groups in total. The number of benzene rings is 5. The Morgan fingerprint density at radius 3 is 1.49 bits per heavy atom. The van der Waals surface area contributed by atoms with Crippen LogP contribution in [0.5, 0.6) is 17.2 Å². The number of hydrogen-bond acceptors (Lipinski definition) is 4. The molecular formula is C36H30O5. The van der Waals surface area contributed by atoms with E-state index in [1.54, 1.807) is 12.1 Å². The summed E-state index contributed by atoms with van der Waals surface area (Å²) in [5.74, 6) is 0.632. The molecule has 0 spiro atoms. The summed E-state index contributed by atoms with van der Waals surface area (Å²) in [6.07, 6.45) is 3.78. The van der Waals surface area contributed by atoms with E-state index >= 15 is 0 Å². The van der Waals surface area contributed by atoms with Crippen molar-refractivity contribution >= 4 is 18.1 Å². The lowest BCUT2D eigenvalue weighted by Crippen LogP contribution is -2.03. The van der Waals surface area contributed by atoms with Crippen molar-refractivity contribution in [2.45, 2.75) is 19.8 Å². The molecule has 0 unspecified atom stereocenters. The van der Waals surface area contributed by atoms with Crippen LogP contribution in [0, 0.1) is 0 Å². The molecule has 0 saturated carbocycles. The molecule has 5 nitrogen and oxygen atoms in total. The lowest BCUT2D eigenvalue weighted by atomic mass is 10.1. The van der Waals surface area contributed by atoms with Crippen LogP contribution in [-0.2, 0) is 19.8 Å². The molecule has 0 saturated heterocycles. The molecule has 0 bridgehead atoms. The fourth-order valence-corrected chi connectivity index (χ4v) is 4.21. The third-order valence-electron chi connectivity index (χ3n) is 6.34. The third-order valence-corrected chi connectivity index (χ3v) is 6.34. The zero-order valence-electron chi connectivity index (χ0n) is 22.5. The van der Waals surface area contributed by atoms with Gasteiger partial charge in [-0.2, -0.15) is 0 Å². The molecule has 0 aliphatic heterocycles. The molecule has 0 fully saturated rings. The van der Waals surface area contributed by atoms with Gasteiger partial charge in [-0.1, -0.05) is 109 Å². The van der Waals surface area contributed by atoms with Crippen molar-refractivity contribution in [3.05, 3.63) is 161 Å². The summed E-state index contributed by atoms with van der Waals surface area (Å²) in [6.45, 7) is 1.15. The average molecular weight is 543 g/mol. The van der Waals surface area contributed by atoms with Crippen LogP contribution in [0.4, 0.5) is 0 Å². The summed E-state index contributed by atoms with van der Waals surface area (Å²) >= 11 is 0. The largest absolute Gasteiger partial charge is 0.489 e. The van der Waals surface area contributed by atoms with Crippen molar-refractivity contribution in [1.29, 1.82) is 0 Å². The Kier molecular flexibility index (Phi) is 9.10. The van der Waals surface area contributed by atoms with Gasteiger partial charge in [-0.25, -0.2) is 4.79 Å². The fourth-order valence-electron chi connectivity index (χ4n) is 4.21. The second-order valence-corrected chi connectivity index (χ2v) is 9.45. The van der Waals surface area contributed by atoms with Crippen LogP contribution in [0.2, 0.25) is 0 Å². The van der Waals surface area contributed by atoms with Gasteiger partial charge in [0.2, 0.25) is 0 Å². The summed E-state index contributed by atoms with van der Waals surface area (Å²) in [5.41, 5.74) is 4.80. The van der Waals surface area contributed by atoms with E-state index < -0.39 is 5.97 Å². The molecule has 0 amide bonds. The molecule has 5 rings (SSSR count). The maximum Gasteiger partial charge on any atom is 0.339 e. The van der Waals surface area contributed by atoms with Crippen LogP contribution < -0.4 is 14.2 Å². The van der Waals surface area contributed by atoms with Gasteiger partial charge in [-0.05, 0) is 52.1 Å². The minimum absolute atomic E-state index is 0.106. The van der Waals surface area contributed by atoms with Gasteiger partial charge in [0.15, 0.2) is 0 Å². The predicted octanol–water partition coefficient (Wildman–Crippen LogP) is 8.29. The van der Waals surface area contributed by atoms with Gasteiger partial charge in [0.05, 0.1) is 0 Å². The van der Waals surface area contributed by atoms with Crippen molar-refractivity contribution in [1.82, 2.24) is 0 Å². The number of ether oxygens (including phenoxy) is 3. The lowest BCUT2D eigenvalue weighted by molar-refractivity contribution is 0.0691. The van der Waals surface area contributed by atoms with Gasteiger partial charge in [0.1, 0.15) is 42.6 Å². The first-order valence-corrected chi connectivity index (χ1v) is 13.3. The molecule has 5 heteroatoms. The van der Waals surface area contributed by atoms with Crippen molar-refractivity contribution in [3.8, 4) is 17.2 Å². The van der Waals surface area contributed by atoms with Crippen LogP contribution in [0.3, 0.4) is 0 Å². The molecule has 0 aliphatic carbocycles. The third kappa shape index (κ3) is 8.10. The van der Waals surface area contributed by atoms with E-state index in [0.717, 1.165) is 27.8 Å². The van der Waals surface area contributed by atoms with E-state index in [1.165, 1.54) is 0 Å². The Morgan fingerprint density at radius 2 is 1.00 bits per heavy atom. The Bertz CT molecular complexity index is 1530. The number of carboxylic acids is 1. The quantitative estimate of drug-likeness (QED) is 0.161. The van der Waals surface area contributed by atoms with E-state index in [2.05, 4.69) is 0 Å². The normalized spacial score (nSPS) is 10.8. The van der Waals surface area contributed by atoms with Crippen molar-refractivity contribution in [3.63, 3.8) is 0 Å². The predicted molar refractivity (Wildman–Crippen MR) is 161 cm³/mol. The van der Waals surface area contributed by atoms with Crippen molar-refractivity contribution in [2.75, 3.05) is 0 Å². The molecule has 0 atom stereocenters. The van der Waals surface area contributed by atoms with Gasteiger partial charge in [-0.15, -0.1) is 0 Å². The zero-order chi connectivity index (χ0) is 28.3. The molecule has 0 heterocycles. The highest BCUT2D eigenvalue weighted by Gasteiger charge is 2.12. The number of aromatic carboxylic acids is 1. The molecule has 5 aromatic rings. The van der Waals surface area contributed by atoms with Crippen LogP contribution >= 0.6 is 0 Å². The van der Waals surface area contributed by atoms with Crippen LogP contribution in [0.25, 0.3) is 12.2 Å². The standard InChI is InChI=1S/C36H30O5/c37-36(38)34-22-27(18-19-35(34)41-26-30-14-8-3-9-15-30)16-17-31-20-32(39-24-28-10-4-1-5-11-28)23-33(21-31)40-25-29-12-6-2-7-13-29/h1-23H,24-26H2,(H,37,38)/b17-16+. The summed E-state index contributed by atoms with van der Waals surface area (Å²) in [5, 5.41) is 9.81. The molecular weight excluding hydrogens is 512 g/mol. The van der Waals surface area contributed by atoms with Gasteiger partial charge < -0.3 is 19.3 Å². The highest BCUT2D eigenvalue weighted by molar-refractivity contribution is 5.92. The number of carboxylic acid groups (broad SMARTS) is 1. The van der Waals surface area contributed by atoms with E-state index in [4.69, 9.17) is 14.2 Å². The lowest BCUT2D eigenvalue weighted by Gasteiger charge is -2.12. The summed E-state index contributed by atoms with van der Waals surface area (Å²) in [7, 11) is 0. The second-order valence-electron chi connectivity index (χ2n) is 9.45. The maximum atomic E-state index is 12.0. The highest BCUT2D eigenvalue weighted by atomic mass is 16.5. The SMILES string of the molecule is O=C(O)c1cc(/C=C/c2cc(OCc3ccccc3)cc(OCc3ccccc3)c2)ccc1OCc1ccccc1. The van der Waals surface area contributed by atoms with Gasteiger partial charge in [0, 0.05) is 6.07 Å². The molecule has 0 aromatic heterocycles. The van der Waals surface area contributed by atoms with Crippen LogP contribution in [0.15, 0.2) is 127 Å². The van der Waals surface area contributed by atoms with Gasteiger partial charge in [0.25, 0.3) is 0 Å². The van der Waals surface area contributed by atoms with E-state index in [9.17, 15) is 9.90 Å². The minimum Gasteiger partial charge on any atom is -0.489 e. The van der Waals surface area contributed by atoms with Gasteiger partial charge in [-0.3, -0.25) is 0 Å². The summed E-state index contributed by atoms with van der Waals surface area (Å²) in [4.78, 5) is 12.0. The summed E-state index contributed by atoms with van der Waals surface area (Å²) < 4.78 is 18.0. The number of rotatable bonds is 12. The van der Waals surface area contributed by atoms with E-state index in [1.807, 2.05) is 127 Å². The first-order valence-electron chi connectivity index (χ1n) is 13.3. The first-order chi connectivity index (χ1) is 20.1. The second kappa shape index (κ2) is 13.7. The Hall–Kier alpha value is -5.29. The fraction of sp³-hybridized carbons (Fsp3) is 0.0833.